The van der Waals surface area contributed by atoms with Crippen molar-refractivity contribution in [3.8, 4) is 0 Å². The van der Waals surface area contributed by atoms with Gasteiger partial charge in [0.25, 0.3) is 0 Å². The molecule has 0 aliphatic heterocycles. The van der Waals surface area contributed by atoms with E-state index in [-0.39, 0.29) is 0 Å². The highest BCUT2D eigenvalue weighted by Crippen LogP contribution is 1.58. The molecule has 0 fully saturated rings. The molecule has 0 N–H and O–H groups in total. The van der Waals surface area contributed by atoms with Crippen LogP contribution >= 0.6 is 0 Å². The van der Waals surface area contributed by atoms with Crippen molar-refractivity contribution in [1.82, 2.24) is 0 Å². The lowest BCUT2D eigenvalue weighted by Gasteiger charge is -1.48. The van der Waals surface area contributed by atoms with Crippen LogP contribution in [0.4, 0.5) is 0 Å². The summed E-state index contributed by atoms with van der Waals surface area (Å²) in [5, 5.41) is 0. The topological polar surface area (TPSA) is 0 Å². The van der Waals surface area contributed by atoms with E-state index in [0.717, 1.165) is 0 Å². The lowest BCUT2D eigenvalue weighted by molar-refractivity contribution is 1.09. The predicted molar refractivity (Wildman–Crippen MR) is 120 cm³/mol. The summed E-state index contributed by atoms with van der Waals surface area (Å²) in [4.78, 5) is 0. The van der Waals surface area contributed by atoms with Crippen LogP contribution in [0.15, 0.2) is 0 Å². The molecule has 0 bridgehead atoms. The zero-order chi connectivity index (χ0) is 26.9. The van der Waals surface area contributed by atoms with Crippen molar-refractivity contribution in [2.75, 3.05) is 0 Å². The highest BCUT2D eigenvalue weighted by atomic mass is 13.4. The largest absolute Gasteiger partial charge is 0.0656 e. The molecule has 0 aromatic heterocycles. The lowest BCUT2D eigenvalue weighted by Crippen LogP contribution is -1.27. The summed E-state index contributed by atoms with van der Waals surface area (Å²) in [5.74, 6) is 0. The molecule has 0 aromatic rings. The molecule has 0 rings (SSSR count). The quantitative estimate of drug-likeness (QED) is 0.415. The molecule has 0 unspecified atom stereocenters. The Bertz CT molecular complexity index is 44.3. The Labute approximate surface area is 154 Å². The van der Waals surface area contributed by atoms with Crippen LogP contribution in [0.1, 0.15) is 154 Å². The van der Waals surface area contributed by atoms with Crippen molar-refractivity contribution < 1.29 is 11.9 Å². The zero-order valence-corrected chi connectivity index (χ0v) is 18.9. The second-order valence-electron chi connectivity index (χ2n) is 4.95. The van der Waals surface area contributed by atoms with Gasteiger partial charge >= 0.3 is 0 Å². The smallest absolute Gasteiger partial charge is 0 e. The van der Waals surface area contributed by atoms with Gasteiger partial charge in [0.1, 0.15) is 0 Å². The minimum atomic E-state index is 1.25. The van der Waals surface area contributed by atoms with Gasteiger partial charge < -0.3 is 0 Å². The Morgan fingerprint density at radius 1 is 0.286 bits per heavy atom. The summed E-state index contributed by atoms with van der Waals surface area (Å²) in [5.41, 5.74) is 0. The maximum absolute atomic E-state index is 5.00. The zero-order valence-electron chi connectivity index (χ0n) is 26.9. The molecule has 0 heteroatoms. The monoisotopic (exact) mass is 325 g/mol. The third kappa shape index (κ3) is 0. The van der Waals surface area contributed by atoms with Gasteiger partial charge in [-0.1, -0.05) is 142 Å². The first-order valence-electron chi connectivity index (χ1n) is 13.9. The van der Waals surface area contributed by atoms with Crippen molar-refractivity contribution in [2.24, 2.45) is 0 Å². The Balaban J connectivity index is -0.0000000137. The summed E-state index contributed by atoms with van der Waals surface area (Å²) in [6, 6.07) is 0. The van der Waals surface area contributed by atoms with Crippen molar-refractivity contribution in [3.63, 3.8) is 0 Å². The van der Waals surface area contributed by atoms with Crippen LogP contribution in [0, 0.1) is 0 Å². The van der Waals surface area contributed by atoms with E-state index in [9.17, 15) is 0 Å². The van der Waals surface area contributed by atoms with Crippen LogP contribution in [0.5, 0.6) is 0 Å². The number of hydrogen-bond acceptors (Lipinski definition) is 0. The summed E-state index contributed by atoms with van der Waals surface area (Å²) in [6.07, 6.45) is 8.75. The van der Waals surface area contributed by atoms with Crippen LogP contribution in [0.2, 0.25) is 0 Å². The molecule has 0 saturated carbocycles. The third-order valence-corrected chi connectivity index (χ3v) is 0. The normalized spacial score (nSPS) is 7.52. The Kier molecular flexibility index (Phi) is 182. The van der Waals surface area contributed by atoms with E-state index in [1.165, 1.54) is 44.9 Å². The average Bonchev–Trinajstić information content (AvgIpc) is 2.72. The molecule has 0 aliphatic rings. The maximum atomic E-state index is 5.00. The number of hydrogen-bond donors (Lipinski definition) is 0. The molecule has 0 amide bonds. The van der Waals surface area contributed by atoms with Crippen LogP contribution < -0.4 is 0 Å². The van der Waals surface area contributed by atoms with Crippen molar-refractivity contribution in [3.05, 3.63) is 0 Å². The summed E-state index contributed by atoms with van der Waals surface area (Å²) in [7, 11) is 0. The second kappa shape index (κ2) is 147. The molecule has 0 radical (unpaired) electrons. The van der Waals surface area contributed by atoms with Crippen LogP contribution in [-0.2, 0) is 0 Å². The van der Waals surface area contributed by atoms with Crippen LogP contribution in [0.25, 0.3) is 0 Å². The summed E-state index contributed by atoms with van der Waals surface area (Å²) < 4.78 is 40.0. The van der Waals surface area contributed by atoms with E-state index in [1.54, 1.807) is 0 Å². The van der Waals surface area contributed by atoms with Crippen molar-refractivity contribution in [1.29, 1.82) is 0 Å². The Morgan fingerprint density at radius 3 is 0.286 bits per heavy atom. The van der Waals surface area contributed by atoms with Gasteiger partial charge in [0.2, 0.25) is 0 Å². The van der Waals surface area contributed by atoms with E-state index in [1.807, 2.05) is 0 Å². The van der Waals surface area contributed by atoms with Gasteiger partial charge in [-0.3, -0.25) is 0 Å². The summed E-state index contributed by atoms with van der Waals surface area (Å²) in [6.45, 7) is 29.8. The molecule has 0 aromatic carbocycles. The van der Waals surface area contributed by atoms with E-state index in [2.05, 4.69) is 96.9 Å². The molecule has 0 heterocycles. The minimum Gasteiger partial charge on any atom is -0.0656 e. The first-order valence-corrected chi connectivity index (χ1v) is 9.90. The first-order chi connectivity index (χ1) is 13.9. The molecule has 21 heavy (non-hydrogen) atoms. The predicted octanol–water partition coefficient (Wildman–Crippen LogP) is 10.9. The average molecular weight is 325 g/mol. The number of rotatable bonds is 0. The first kappa shape index (κ1) is 25.9. The third-order valence-electron chi connectivity index (χ3n) is 0. The summed E-state index contributed by atoms with van der Waals surface area (Å²) >= 11 is 0. The fraction of sp³-hybridized carbons (Fsp3) is 1.00. The van der Waals surface area contributed by atoms with Crippen LogP contribution in [0.3, 0.4) is 0 Å². The van der Waals surface area contributed by atoms with Crippen LogP contribution in [-0.4, -0.2) is 0 Å². The van der Waals surface area contributed by atoms with Crippen molar-refractivity contribution in [2.45, 2.75) is 142 Å². The molecular formula is C21H64. The van der Waals surface area contributed by atoms with E-state index < -0.39 is 0 Å². The fourth-order valence-corrected chi connectivity index (χ4v) is 0. The molecule has 0 atom stereocenters. The second-order valence-corrected chi connectivity index (χ2v) is 4.95. The SMILES string of the molecule is CCC.CCC.CCC.CCC.CCC.CCC.CCC.[2H][2H].[2H][2H].[2H][2H].[2H][2H]. The molecule has 0 aliphatic carbocycles. The maximum Gasteiger partial charge on any atom is 0 e. The van der Waals surface area contributed by atoms with Gasteiger partial charge in [0.15, 0.2) is 0 Å². The van der Waals surface area contributed by atoms with Gasteiger partial charge in [-0.05, 0) is 0 Å². The van der Waals surface area contributed by atoms with E-state index in [4.69, 9.17) is 11.9 Å². The van der Waals surface area contributed by atoms with Gasteiger partial charge in [-0.15, -0.1) is 0 Å². The Morgan fingerprint density at radius 2 is 0.286 bits per heavy atom. The lowest BCUT2D eigenvalue weighted by atomic mass is 10.6. The van der Waals surface area contributed by atoms with Crippen molar-refractivity contribution >= 4 is 0 Å². The molecule has 148 valence electrons. The van der Waals surface area contributed by atoms with E-state index >= 15 is 0 Å². The Hall–Kier alpha value is 0. The highest BCUT2D eigenvalue weighted by Gasteiger charge is 1.37. The fourth-order valence-electron chi connectivity index (χ4n) is 0. The standard InChI is InChI=1S/7C3H8.4H2/c7*1-3-2;;;;/h7*3H2,1-2H3;4*1H/i;;;;;;;4*1+1D. The van der Waals surface area contributed by atoms with Gasteiger partial charge in [0.05, 0.1) is 0 Å². The highest BCUT2D eigenvalue weighted by molar-refractivity contribution is 3.94. The molecule has 0 saturated heterocycles. The minimum absolute atomic E-state index is 1.25. The van der Waals surface area contributed by atoms with E-state index in [0.29, 0.717) is 0 Å². The van der Waals surface area contributed by atoms with Gasteiger partial charge in [-0.25, -0.2) is 0 Å². The molecule has 0 nitrogen and oxygen atoms in total. The van der Waals surface area contributed by atoms with Gasteiger partial charge in [-0.2, -0.15) is 0 Å². The van der Waals surface area contributed by atoms with Gasteiger partial charge in [0, 0.05) is 11.9 Å². The molecular weight excluding hydrogens is 252 g/mol. The molecule has 0 spiro atoms.